The summed E-state index contributed by atoms with van der Waals surface area (Å²) < 4.78 is 49.9. The first kappa shape index (κ1) is 16.2. The highest BCUT2D eigenvalue weighted by Gasteiger charge is 2.34. The SMILES string of the molecule is CN1CC(=O)OB(c2ccc(OC(F)(F)F)cc2)OC(=O)C1. The minimum Gasteiger partial charge on any atom is -0.494 e. The Bertz CT molecular complexity index is 543. The molecule has 0 atom stereocenters. The Hall–Kier alpha value is -2.23. The van der Waals surface area contributed by atoms with E-state index in [4.69, 9.17) is 9.31 Å². The van der Waals surface area contributed by atoms with Crippen LogP contribution in [-0.2, 0) is 18.9 Å². The number of likely N-dealkylation sites (N-methyl/N-ethyl adjacent to an activating group) is 1. The van der Waals surface area contributed by atoms with E-state index in [1.54, 1.807) is 7.05 Å². The normalized spacial score (nSPS) is 17.4. The van der Waals surface area contributed by atoms with Gasteiger partial charge in [-0.3, -0.25) is 14.5 Å². The molecule has 0 unspecified atom stereocenters. The first-order chi connectivity index (χ1) is 10.2. The second-order valence-corrected chi connectivity index (χ2v) is 4.60. The average molecular weight is 317 g/mol. The smallest absolute Gasteiger partial charge is 0.494 e. The topological polar surface area (TPSA) is 65.1 Å². The zero-order valence-electron chi connectivity index (χ0n) is 11.4. The number of ether oxygens (including phenoxy) is 1. The average Bonchev–Trinajstić information content (AvgIpc) is 2.34. The van der Waals surface area contributed by atoms with E-state index in [1.807, 2.05) is 0 Å². The maximum absolute atomic E-state index is 12.1. The van der Waals surface area contributed by atoms with E-state index in [9.17, 15) is 22.8 Å². The van der Waals surface area contributed by atoms with Gasteiger partial charge in [0.25, 0.3) is 0 Å². The van der Waals surface area contributed by atoms with Crippen molar-refractivity contribution in [2.45, 2.75) is 6.36 Å². The maximum Gasteiger partial charge on any atom is 0.636 e. The molecule has 0 radical (unpaired) electrons. The van der Waals surface area contributed by atoms with Crippen LogP contribution in [0.1, 0.15) is 0 Å². The third kappa shape index (κ3) is 4.66. The van der Waals surface area contributed by atoms with Crippen molar-refractivity contribution in [1.29, 1.82) is 0 Å². The summed E-state index contributed by atoms with van der Waals surface area (Å²) in [4.78, 5) is 24.5. The largest absolute Gasteiger partial charge is 0.636 e. The summed E-state index contributed by atoms with van der Waals surface area (Å²) in [7, 11) is 0.250. The summed E-state index contributed by atoms with van der Waals surface area (Å²) in [6.07, 6.45) is -4.80. The highest BCUT2D eigenvalue weighted by molar-refractivity contribution is 6.64. The Kier molecular flexibility index (Phi) is 4.60. The quantitative estimate of drug-likeness (QED) is 0.732. The summed E-state index contributed by atoms with van der Waals surface area (Å²) in [6.45, 7) is -0.193. The second kappa shape index (κ2) is 6.26. The van der Waals surface area contributed by atoms with Gasteiger partial charge < -0.3 is 14.0 Å². The molecule has 118 valence electrons. The number of rotatable bonds is 2. The van der Waals surface area contributed by atoms with Crippen LogP contribution in [0, 0.1) is 0 Å². The second-order valence-electron chi connectivity index (χ2n) is 4.60. The van der Waals surface area contributed by atoms with Gasteiger partial charge in [-0.1, -0.05) is 12.1 Å². The van der Waals surface area contributed by atoms with Crippen molar-refractivity contribution in [3.63, 3.8) is 0 Å². The fourth-order valence-corrected chi connectivity index (χ4v) is 1.80. The highest BCUT2D eigenvalue weighted by Crippen LogP contribution is 2.21. The Morgan fingerprint density at radius 2 is 1.59 bits per heavy atom. The minimum atomic E-state index is -4.80. The predicted molar refractivity (Wildman–Crippen MR) is 68.2 cm³/mol. The molecule has 10 heteroatoms. The molecule has 1 aromatic carbocycles. The van der Waals surface area contributed by atoms with Crippen molar-refractivity contribution in [1.82, 2.24) is 4.90 Å². The Morgan fingerprint density at radius 3 is 2.05 bits per heavy atom. The van der Waals surface area contributed by atoms with E-state index in [0.717, 1.165) is 12.1 Å². The van der Waals surface area contributed by atoms with Gasteiger partial charge in [-0.05, 0) is 19.2 Å². The van der Waals surface area contributed by atoms with E-state index in [2.05, 4.69) is 4.74 Å². The van der Waals surface area contributed by atoms with Crippen molar-refractivity contribution in [2.24, 2.45) is 0 Å². The number of alkyl halides is 3. The van der Waals surface area contributed by atoms with Crippen LogP contribution in [0.15, 0.2) is 24.3 Å². The number of carbonyl (C=O) groups is 2. The van der Waals surface area contributed by atoms with Crippen LogP contribution < -0.4 is 10.2 Å². The molecule has 0 aromatic heterocycles. The highest BCUT2D eigenvalue weighted by atomic mass is 19.4. The van der Waals surface area contributed by atoms with Crippen LogP contribution in [0.2, 0.25) is 0 Å². The molecule has 1 aliphatic rings. The Morgan fingerprint density at radius 1 is 1.09 bits per heavy atom. The van der Waals surface area contributed by atoms with Crippen molar-refractivity contribution in [3.8, 4) is 5.75 Å². The van der Waals surface area contributed by atoms with Crippen LogP contribution in [-0.4, -0.2) is 50.5 Å². The molecule has 6 nitrogen and oxygen atoms in total. The van der Waals surface area contributed by atoms with Gasteiger partial charge >= 0.3 is 25.4 Å². The predicted octanol–water partition coefficient (Wildman–Crippen LogP) is 0.312. The third-order valence-corrected chi connectivity index (χ3v) is 2.66. The molecular weight excluding hydrogens is 306 g/mol. The van der Waals surface area contributed by atoms with Crippen molar-refractivity contribution < 1.29 is 36.8 Å². The third-order valence-electron chi connectivity index (χ3n) is 2.66. The molecule has 1 heterocycles. The van der Waals surface area contributed by atoms with Gasteiger partial charge in [0.2, 0.25) is 0 Å². The monoisotopic (exact) mass is 317 g/mol. The van der Waals surface area contributed by atoms with Crippen LogP contribution >= 0.6 is 0 Å². The molecule has 22 heavy (non-hydrogen) atoms. The standard InChI is InChI=1S/C12H11BF3NO5/c1-17-6-10(18)21-13(22-11(19)7-17)8-2-4-9(5-3-8)20-12(14,15)16/h2-5H,6-7H2,1H3. The summed E-state index contributed by atoms with van der Waals surface area (Å²) in [6, 6.07) is 4.51. The summed E-state index contributed by atoms with van der Waals surface area (Å²) in [5.41, 5.74) is 0.223. The van der Waals surface area contributed by atoms with E-state index >= 15 is 0 Å². The number of hydrogen-bond donors (Lipinski definition) is 0. The molecule has 0 aliphatic carbocycles. The molecule has 0 N–H and O–H groups in total. The number of carbonyl (C=O) groups excluding carboxylic acids is 2. The molecule has 0 bridgehead atoms. The number of nitrogens with zero attached hydrogens (tertiary/aromatic N) is 1. The van der Waals surface area contributed by atoms with Gasteiger partial charge in [-0.15, -0.1) is 13.2 Å². The van der Waals surface area contributed by atoms with Gasteiger partial charge in [0.15, 0.2) is 0 Å². The van der Waals surface area contributed by atoms with Crippen LogP contribution in [0.4, 0.5) is 13.2 Å². The zero-order valence-corrected chi connectivity index (χ0v) is 11.4. The lowest BCUT2D eigenvalue weighted by Crippen LogP contribution is -2.47. The molecule has 0 saturated carbocycles. The van der Waals surface area contributed by atoms with Gasteiger partial charge in [-0.2, -0.15) is 0 Å². The summed E-state index contributed by atoms with van der Waals surface area (Å²) in [5.74, 6) is -1.66. The van der Waals surface area contributed by atoms with E-state index in [1.165, 1.54) is 17.0 Å². The van der Waals surface area contributed by atoms with Gasteiger partial charge in [-0.25, -0.2) is 0 Å². The first-order valence-electron chi connectivity index (χ1n) is 6.16. The molecule has 2 rings (SSSR count). The number of halogens is 3. The van der Waals surface area contributed by atoms with E-state index in [0.29, 0.717) is 0 Å². The van der Waals surface area contributed by atoms with Gasteiger partial charge in [0, 0.05) is 5.46 Å². The maximum atomic E-state index is 12.1. The van der Waals surface area contributed by atoms with Crippen LogP contribution in [0.25, 0.3) is 0 Å². The zero-order chi connectivity index (χ0) is 16.3. The number of benzene rings is 1. The summed E-state index contributed by atoms with van der Waals surface area (Å²) >= 11 is 0. The van der Waals surface area contributed by atoms with Gasteiger partial charge in [0.05, 0.1) is 13.1 Å². The van der Waals surface area contributed by atoms with Crippen molar-refractivity contribution >= 4 is 24.5 Å². The number of hydrogen-bond acceptors (Lipinski definition) is 6. The molecule has 1 aromatic rings. The van der Waals surface area contributed by atoms with Crippen molar-refractivity contribution in [2.75, 3.05) is 20.1 Å². The molecular formula is C12H11BF3NO5. The van der Waals surface area contributed by atoms with Crippen molar-refractivity contribution in [3.05, 3.63) is 24.3 Å². The first-order valence-corrected chi connectivity index (χ1v) is 6.16. The van der Waals surface area contributed by atoms with Crippen LogP contribution in [0.3, 0.4) is 0 Å². The van der Waals surface area contributed by atoms with E-state index < -0.39 is 31.2 Å². The van der Waals surface area contributed by atoms with E-state index in [-0.39, 0.29) is 18.6 Å². The lowest BCUT2D eigenvalue weighted by molar-refractivity contribution is -0.274. The van der Waals surface area contributed by atoms with Gasteiger partial charge in [0.1, 0.15) is 5.75 Å². The molecule has 1 saturated heterocycles. The molecule has 0 spiro atoms. The molecule has 1 aliphatic heterocycles. The lowest BCUT2D eigenvalue weighted by atomic mass is 9.78. The fourth-order valence-electron chi connectivity index (χ4n) is 1.80. The molecule has 0 amide bonds. The molecule has 1 fully saturated rings. The summed E-state index contributed by atoms with van der Waals surface area (Å²) in [5, 5.41) is 0. The fraction of sp³-hybridized carbons (Fsp3) is 0.333. The minimum absolute atomic E-state index is 0.0964. The van der Waals surface area contributed by atoms with Crippen LogP contribution in [0.5, 0.6) is 5.75 Å². The lowest BCUT2D eigenvalue weighted by Gasteiger charge is -2.22. The Labute approximate surface area is 123 Å². The Balaban J connectivity index is 2.12.